The van der Waals surface area contributed by atoms with E-state index in [4.69, 9.17) is 4.74 Å². The van der Waals surface area contributed by atoms with Crippen molar-refractivity contribution in [2.24, 2.45) is 5.10 Å². The maximum Gasteiger partial charge on any atom is 0.241 e. The Morgan fingerprint density at radius 2 is 2.19 bits per heavy atom. The van der Waals surface area contributed by atoms with Gasteiger partial charge in [0.15, 0.2) is 6.73 Å². The van der Waals surface area contributed by atoms with Gasteiger partial charge in [-0.3, -0.25) is 10.4 Å². The van der Waals surface area contributed by atoms with E-state index in [-0.39, 0.29) is 0 Å². The molecular weight excluding hydrogens is 330 g/mol. The third-order valence-corrected chi connectivity index (χ3v) is 4.16. The van der Waals surface area contributed by atoms with Gasteiger partial charge in [0, 0.05) is 35.8 Å². The van der Waals surface area contributed by atoms with Gasteiger partial charge in [0.25, 0.3) is 0 Å². The van der Waals surface area contributed by atoms with Gasteiger partial charge in [0.1, 0.15) is 5.82 Å². The molecule has 0 atom stereocenters. The number of hydrogen-bond acceptors (Lipinski definition) is 7. The van der Waals surface area contributed by atoms with Crippen LogP contribution in [0.3, 0.4) is 0 Å². The molecule has 0 saturated carbocycles. The van der Waals surface area contributed by atoms with Crippen LogP contribution < -0.4 is 10.7 Å². The van der Waals surface area contributed by atoms with Gasteiger partial charge < -0.3 is 19.9 Å². The number of benzene rings is 1. The number of likely N-dealkylation sites (N-methyl/N-ethyl adjacent to an activating group) is 1. The first-order chi connectivity index (χ1) is 12.7. The summed E-state index contributed by atoms with van der Waals surface area (Å²) in [6, 6.07) is 6.15. The monoisotopic (exact) mass is 351 g/mol. The lowest BCUT2D eigenvalue weighted by Crippen LogP contribution is -2.21. The van der Waals surface area contributed by atoms with Gasteiger partial charge in [-0.2, -0.15) is 0 Å². The molecule has 1 aliphatic heterocycles. The normalized spacial score (nSPS) is 13.6. The minimum Gasteiger partial charge on any atom is -0.453 e. The number of nitrogens with zero attached hydrogens (tertiary/aromatic N) is 4. The van der Waals surface area contributed by atoms with Crippen molar-refractivity contribution in [3.63, 3.8) is 0 Å². The highest BCUT2D eigenvalue weighted by atomic mass is 16.5. The quantitative estimate of drug-likeness (QED) is 0.628. The lowest BCUT2D eigenvalue weighted by Gasteiger charge is -2.11. The zero-order chi connectivity index (χ0) is 17.9. The second kappa shape index (κ2) is 7.01. The Morgan fingerprint density at radius 3 is 3.00 bits per heavy atom. The van der Waals surface area contributed by atoms with E-state index >= 15 is 0 Å². The number of H-pyrrole nitrogens is 1. The molecular formula is C18H21N7O. The molecule has 0 aliphatic carbocycles. The molecule has 134 valence electrons. The SMILES string of the molecule is CN(C)CCNc1cncc(-c2ccc3[nH]cc(C4=NNCO4)c3c2)n1. The lowest BCUT2D eigenvalue weighted by molar-refractivity contribution is 0.317. The number of aromatic nitrogens is 3. The standard InChI is InChI=1S/C18H21N7O/c1-25(2)6-5-20-17-10-19-9-16(23-17)12-3-4-15-13(7-12)14(8-21-15)18-24-22-11-26-18/h3-4,7-10,21-22H,5-6,11H2,1-2H3,(H,20,23). The van der Waals surface area contributed by atoms with E-state index in [0.717, 1.165) is 46.6 Å². The fourth-order valence-corrected chi connectivity index (χ4v) is 2.83. The van der Waals surface area contributed by atoms with Gasteiger partial charge in [-0.25, -0.2) is 4.98 Å². The first kappa shape index (κ1) is 16.3. The largest absolute Gasteiger partial charge is 0.453 e. The highest BCUT2D eigenvalue weighted by molar-refractivity contribution is 6.07. The molecule has 0 saturated heterocycles. The van der Waals surface area contributed by atoms with Crippen LogP contribution in [0.15, 0.2) is 41.9 Å². The van der Waals surface area contributed by atoms with Crippen LogP contribution in [0.5, 0.6) is 0 Å². The molecule has 0 unspecified atom stereocenters. The summed E-state index contributed by atoms with van der Waals surface area (Å²) in [4.78, 5) is 14.4. The van der Waals surface area contributed by atoms with E-state index in [9.17, 15) is 0 Å². The van der Waals surface area contributed by atoms with Crippen molar-refractivity contribution in [1.29, 1.82) is 0 Å². The van der Waals surface area contributed by atoms with Crippen molar-refractivity contribution >= 4 is 22.6 Å². The third-order valence-electron chi connectivity index (χ3n) is 4.16. The Labute approximate surface area is 151 Å². The Hall–Kier alpha value is -3.13. The van der Waals surface area contributed by atoms with E-state index < -0.39 is 0 Å². The van der Waals surface area contributed by atoms with Crippen LogP contribution in [0.4, 0.5) is 5.82 Å². The van der Waals surface area contributed by atoms with Crippen molar-refractivity contribution in [1.82, 2.24) is 25.3 Å². The van der Waals surface area contributed by atoms with Crippen LogP contribution in [0.25, 0.3) is 22.2 Å². The molecule has 8 nitrogen and oxygen atoms in total. The van der Waals surface area contributed by atoms with E-state index in [2.05, 4.69) is 41.8 Å². The summed E-state index contributed by atoms with van der Waals surface area (Å²) in [5.41, 5.74) is 6.59. The van der Waals surface area contributed by atoms with Crippen LogP contribution >= 0.6 is 0 Å². The summed E-state index contributed by atoms with van der Waals surface area (Å²) >= 11 is 0. The lowest BCUT2D eigenvalue weighted by atomic mass is 10.1. The molecule has 0 bridgehead atoms. The highest BCUT2D eigenvalue weighted by Gasteiger charge is 2.16. The molecule has 3 heterocycles. The molecule has 8 heteroatoms. The maximum atomic E-state index is 5.51. The fraction of sp³-hybridized carbons (Fsp3) is 0.278. The van der Waals surface area contributed by atoms with Crippen LogP contribution in [0, 0.1) is 0 Å². The average Bonchev–Trinajstić information content (AvgIpc) is 3.30. The summed E-state index contributed by atoms with van der Waals surface area (Å²) in [6.45, 7) is 2.14. The van der Waals surface area contributed by atoms with Crippen LogP contribution in [-0.4, -0.2) is 59.7 Å². The average molecular weight is 351 g/mol. The molecule has 0 amide bonds. The van der Waals surface area contributed by atoms with E-state index in [0.29, 0.717) is 12.6 Å². The van der Waals surface area contributed by atoms with Crippen molar-refractivity contribution in [2.45, 2.75) is 0 Å². The zero-order valence-corrected chi connectivity index (χ0v) is 14.8. The van der Waals surface area contributed by atoms with Gasteiger partial charge in [-0.1, -0.05) is 6.07 Å². The van der Waals surface area contributed by atoms with Crippen molar-refractivity contribution in [3.8, 4) is 11.3 Å². The molecule has 26 heavy (non-hydrogen) atoms. The van der Waals surface area contributed by atoms with Gasteiger partial charge >= 0.3 is 0 Å². The maximum absolute atomic E-state index is 5.51. The predicted octanol–water partition coefficient (Wildman–Crippen LogP) is 1.84. The van der Waals surface area contributed by atoms with Gasteiger partial charge in [0.05, 0.1) is 23.7 Å². The summed E-state index contributed by atoms with van der Waals surface area (Å²) in [7, 11) is 4.09. The Kier molecular flexibility index (Phi) is 4.40. The Balaban J connectivity index is 1.63. The number of anilines is 1. The summed E-state index contributed by atoms with van der Waals surface area (Å²) in [5, 5.41) is 8.52. The molecule has 0 spiro atoms. The number of fused-ring (bicyclic) bond motifs is 1. The van der Waals surface area contributed by atoms with E-state index in [1.807, 2.05) is 32.4 Å². The third kappa shape index (κ3) is 3.31. The van der Waals surface area contributed by atoms with Crippen molar-refractivity contribution in [2.75, 3.05) is 39.2 Å². The topological polar surface area (TPSA) is 90.5 Å². The molecule has 0 fully saturated rings. The molecule has 3 N–H and O–H groups in total. The number of nitrogens with one attached hydrogen (secondary N) is 3. The van der Waals surface area contributed by atoms with Gasteiger partial charge in [0.2, 0.25) is 5.90 Å². The van der Waals surface area contributed by atoms with Gasteiger partial charge in [-0.05, 0) is 26.2 Å². The van der Waals surface area contributed by atoms with Crippen LogP contribution in [0.2, 0.25) is 0 Å². The molecule has 0 radical (unpaired) electrons. The summed E-state index contributed by atoms with van der Waals surface area (Å²) in [5.74, 6) is 1.37. The smallest absolute Gasteiger partial charge is 0.241 e. The number of aromatic amines is 1. The Morgan fingerprint density at radius 1 is 1.27 bits per heavy atom. The summed E-state index contributed by atoms with van der Waals surface area (Å²) in [6.07, 6.45) is 5.42. The predicted molar refractivity (Wildman–Crippen MR) is 102 cm³/mol. The number of ether oxygens (including phenoxy) is 1. The number of hydrogen-bond donors (Lipinski definition) is 3. The Bertz CT molecular complexity index is 948. The minimum absolute atomic E-state index is 0.397. The molecule has 3 aromatic rings. The first-order valence-electron chi connectivity index (χ1n) is 8.46. The molecule has 2 aromatic heterocycles. The van der Waals surface area contributed by atoms with Crippen molar-refractivity contribution < 1.29 is 4.74 Å². The minimum atomic E-state index is 0.397. The zero-order valence-electron chi connectivity index (χ0n) is 14.8. The second-order valence-corrected chi connectivity index (χ2v) is 6.35. The van der Waals surface area contributed by atoms with Crippen LogP contribution in [-0.2, 0) is 4.74 Å². The van der Waals surface area contributed by atoms with Crippen LogP contribution in [0.1, 0.15) is 5.56 Å². The number of rotatable bonds is 6. The van der Waals surface area contributed by atoms with E-state index in [1.165, 1.54) is 0 Å². The molecule has 4 rings (SSSR count). The number of hydrazone groups is 1. The fourth-order valence-electron chi connectivity index (χ4n) is 2.83. The molecule has 1 aromatic carbocycles. The van der Waals surface area contributed by atoms with E-state index in [1.54, 1.807) is 12.4 Å². The highest BCUT2D eigenvalue weighted by Crippen LogP contribution is 2.26. The van der Waals surface area contributed by atoms with Gasteiger partial charge in [-0.15, -0.1) is 5.10 Å². The summed E-state index contributed by atoms with van der Waals surface area (Å²) < 4.78 is 5.51. The molecule has 1 aliphatic rings. The first-order valence-corrected chi connectivity index (χ1v) is 8.46. The second-order valence-electron chi connectivity index (χ2n) is 6.35. The van der Waals surface area contributed by atoms with Crippen molar-refractivity contribution in [3.05, 3.63) is 42.4 Å².